The summed E-state index contributed by atoms with van der Waals surface area (Å²) in [5.74, 6) is 0. The molecule has 118 valence electrons. The van der Waals surface area contributed by atoms with Crippen LogP contribution in [0.15, 0.2) is 90.3 Å². The Morgan fingerprint density at radius 3 is 1.78 bits per heavy atom. The van der Waals surface area contributed by atoms with Crippen LogP contribution < -0.4 is 4.90 Å². The summed E-state index contributed by atoms with van der Waals surface area (Å²) in [5.41, 5.74) is 5.74. The second kappa shape index (κ2) is 7.15. The maximum atomic E-state index is 4.01. The fourth-order valence-corrected chi connectivity index (χ4v) is 2.76. The summed E-state index contributed by atoms with van der Waals surface area (Å²) in [4.78, 5) is 2.23. The Morgan fingerprint density at radius 1 is 0.783 bits per heavy atom. The van der Waals surface area contributed by atoms with Crippen molar-refractivity contribution >= 4 is 16.5 Å². The molecule has 2 rings (SSSR count). The molecule has 0 saturated heterocycles. The lowest BCUT2D eigenvalue weighted by molar-refractivity contribution is 1.07. The fraction of sp³-hybridized carbons (Fsp3) is 0.182. The number of hydrogen-bond acceptors (Lipinski definition) is 1. The molecular weight excluding hydrogens is 278 g/mol. The van der Waals surface area contributed by atoms with Crippen molar-refractivity contribution in [1.82, 2.24) is 0 Å². The Balaban J connectivity index is 2.74. The van der Waals surface area contributed by atoms with Crippen LogP contribution in [0.4, 0.5) is 5.69 Å². The number of hydrogen-bond donors (Lipinski definition) is 0. The molecule has 0 unspecified atom stereocenters. The lowest BCUT2D eigenvalue weighted by atomic mass is 10.1. The van der Waals surface area contributed by atoms with E-state index in [1.54, 1.807) is 0 Å². The number of nitrogens with zero attached hydrogens (tertiary/aromatic N) is 1. The normalized spacial score (nSPS) is 10.1. The van der Waals surface area contributed by atoms with E-state index in [-0.39, 0.29) is 0 Å². The van der Waals surface area contributed by atoms with Crippen molar-refractivity contribution in [1.29, 1.82) is 0 Å². The quantitative estimate of drug-likeness (QED) is 0.562. The molecule has 2 aromatic carbocycles. The van der Waals surface area contributed by atoms with Gasteiger partial charge in [-0.15, -0.1) is 0 Å². The average molecular weight is 303 g/mol. The van der Waals surface area contributed by atoms with E-state index < -0.39 is 0 Å². The van der Waals surface area contributed by atoms with Gasteiger partial charge in [-0.25, -0.2) is 0 Å². The molecule has 23 heavy (non-hydrogen) atoms. The lowest BCUT2D eigenvalue weighted by Gasteiger charge is -2.29. The van der Waals surface area contributed by atoms with Gasteiger partial charge >= 0.3 is 0 Å². The molecule has 0 heterocycles. The van der Waals surface area contributed by atoms with Gasteiger partial charge in [-0.3, -0.25) is 0 Å². The van der Waals surface area contributed by atoms with Crippen molar-refractivity contribution in [2.24, 2.45) is 0 Å². The second-order valence-corrected chi connectivity index (χ2v) is 6.05. The minimum atomic E-state index is 1.09. The van der Waals surface area contributed by atoms with Gasteiger partial charge in [0.05, 0.1) is 0 Å². The highest BCUT2D eigenvalue weighted by molar-refractivity contribution is 5.87. The zero-order valence-corrected chi connectivity index (χ0v) is 14.6. The van der Waals surface area contributed by atoms with Crippen LogP contribution in [-0.2, 0) is 0 Å². The fourth-order valence-electron chi connectivity index (χ4n) is 2.76. The largest absolute Gasteiger partial charge is 0.311 e. The first-order chi connectivity index (χ1) is 11.0. The Labute approximate surface area is 139 Å². The summed E-state index contributed by atoms with van der Waals surface area (Å²) in [6, 6.07) is 14.9. The molecule has 0 aromatic heterocycles. The zero-order chi connectivity index (χ0) is 17.0. The van der Waals surface area contributed by atoms with Gasteiger partial charge in [-0.05, 0) is 62.8 Å². The molecule has 0 spiro atoms. The van der Waals surface area contributed by atoms with E-state index >= 15 is 0 Å². The van der Waals surface area contributed by atoms with E-state index in [1.807, 2.05) is 12.2 Å². The maximum Gasteiger partial charge on any atom is 0.0467 e. The van der Waals surface area contributed by atoms with Crippen molar-refractivity contribution in [3.63, 3.8) is 0 Å². The summed E-state index contributed by atoms with van der Waals surface area (Å²) < 4.78 is 0. The number of rotatable bonds is 5. The van der Waals surface area contributed by atoms with Crippen molar-refractivity contribution < 1.29 is 0 Å². The predicted molar refractivity (Wildman–Crippen MR) is 104 cm³/mol. The molecule has 0 aliphatic carbocycles. The SMILES string of the molecule is C=CC(=C(C)C)N(C(C=C)=C(C)C)c1ccc2ccccc2c1. The summed E-state index contributed by atoms with van der Waals surface area (Å²) in [5, 5.41) is 2.47. The highest BCUT2D eigenvalue weighted by atomic mass is 15.2. The Hall–Kier alpha value is -2.54. The first-order valence-electron chi connectivity index (χ1n) is 7.88. The van der Waals surface area contributed by atoms with Gasteiger partial charge in [0.25, 0.3) is 0 Å². The highest BCUT2D eigenvalue weighted by Crippen LogP contribution is 2.31. The number of anilines is 1. The molecule has 2 aromatic rings. The van der Waals surface area contributed by atoms with Crippen LogP contribution in [0.3, 0.4) is 0 Å². The van der Waals surface area contributed by atoms with E-state index in [0.29, 0.717) is 0 Å². The van der Waals surface area contributed by atoms with Gasteiger partial charge in [0.2, 0.25) is 0 Å². The highest BCUT2D eigenvalue weighted by Gasteiger charge is 2.15. The molecule has 0 saturated carbocycles. The van der Waals surface area contributed by atoms with Gasteiger partial charge in [0.15, 0.2) is 0 Å². The van der Waals surface area contributed by atoms with Crippen LogP contribution in [-0.4, -0.2) is 0 Å². The van der Waals surface area contributed by atoms with Crippen LogP contribution in [0, 0.1) is 0 Å². The van der Waals surface area contributed by atoms with Crippen molar-refractivity contribution in [2.75, 3.05) is 4.90 Å². The molecule has 0 aliphatic heterocycles. The van der Waals surface area contributed by atoms with Gasteiger partial charge < -0.3 is 4.90 Å². The van der Waals surface area contributed by atoms with E-state index in [2.05, 4.69) is 88.2 Å². The first-order valence-corrected chi connectivity index (χ1v) is 7.88. The second-order valence-electron chi connectivity index (χ2n) is 6.05. The molecule has 0 radical (unpaired) electrons. The number of allylic oxidation sites excluding steroid dienone is 4. The zero-order valence-electron chi connectivity index (χ0n) is 14.6. The van der Waals surface area contributed by atoms with E-state index in [4.69, 9.17) is 0 Å². The number of benzene rings is 2. The third-order valence-corrected chi connectivity index (χ3v) is 3.88. The smallest absolute Gasteiger partial charge is 0.0467 e. The summed E-state index contributed by atoms with van der Waals surface area (Å²) in [6.45, 7) is 16.5. The van der Waals surface area contributed by atoms with Crippen LogP contribution in [0.5, 0.6) is 0 Å². The molecule has 0 atom stereocenters. The van der Waals surface area contributed by atoms with Crippen LogP contribution in [0.2, 0.25) is 0 Å². The molecule has 1 heteroatoms. The Bertz CT molecular complexity index is 768. The monoisotopic (exact) mass is 303 g/mol. The Kier molecular flexibility index (Phi) is 5.23. The maximum absolute atomic E-state index is 4.01. The minimum absolute atomic E-state index is 1.09. The third kappa shape index (κ3) is 3.45. The van der Waals surface area contributed by atoms with Gasteiger partial charge in [-0.1, -0.05) is 54.6 Å². The summed E-state index contributed by atoms with van der Waals surface area (Å²) in [7, 11) is 0. The van der Waals surface area contributed by atoms with Crippen LogP contribution in [0.1, 0.15) is 27.7 Å². The lowest BCUT2D eigenvalue weighted by Crippen LogP contribution is -2.21. The molecule has 0 aliphatic rings. The summed E-state index contributed by atoms with van der Waals surface area (Å²) in [6.07, 6.45) is 3.83. The van der Waals surface area contributed by atoms with E-state index in [0.717, 1.165) is 17.1 Å². The van der Waals surface area contributed by atoms with Crippen molar-refractivity contribution in [3.05, 3.63) is 90.3 Å². The van der Waals surface area contributed by atoms with Gasteiger partial charge in [0.1, 0.15) is 0 Å². The average Bonchev–Trinajstić information content (AvgIpc) is 2.53. The Morgan fingerprint density at radius 2 is 1.30 bits per heavy atom. The van der Waals surface area contributed by atoms with Crippen molar-refractivity contribution in [3.8, 4) is 0 Å². The molecule has 1 nitrogen and oxygen atoms in total. The third-order valence-electron chi connectivity index (χ3n) is 3.88. The predicted octanol–water partition coefficient (Wildman–Crippen LogP) is 6.61. The van der Waals surface area contributed by atoms with Gasteiger partial charge in [0, 0.05) is 17.1 Å². The minimum Gasteiger partial charge on any atom is -0.311 e. The van der Waals surface area contributed by atoms with Gasteiger partial charge in [-0.2, -0.15) is 0 Å². The molecule has 0 bridgehead atoms. The van der Waals surface area contributed by atoms with E-state index in [9.17, 15) is 0 Å². The van der Waals surface area contributed by atoms with E-state index in [1.165, 1.54) is 21.9 Å². The molecule has 0 amide bonds. The standard InChI is InChI=1S/C22H25N/c1-7-21(16(3)4)23(22(8-2)17(5)6)20-14-13-18-11-9-10-12-19(18)15-20/h7-15H,1-2H2,3-6H3. The van der Waals surface area contributed by atoms with Crippen LogP contribution >= 0.6 is 0 Å². The topological polar surface area (TPSA) is 3.24 Å². The number of fused-ring (bicyclic) bond motifs is 1. The van der Waals surface area contributed by atoms with Crippen LogP contribution in [0.25, 0.3) is 10.8 Å². The molecular formula is C22H25N. The molecule has 0 fully saturated rings. The first kappa shape index (κ1) is 16.8. The summed E-state index contributed by atoms with van der Waals surface area (Å²) >= 11 is 0. The van der Waals surface area contributed by atoms with Crippen molar-refractivity contribution in [2.45, 2.75) is 27.7 Å². The molecule has 0 N–H and O–H groups in total.